The number of hydrogen-bond donors (Lipinski definition) is 0. The molecule has 0 unspecified atom stereocenters. The molecule has 0 radical (unpaired) electrons. The van der Waals surface area contributed by atoms with Gasteiger partial charge in [0.25, 0.3) is 0 Å². The Morgan fingerprint density at radius 1 is 0.328 bits per heavy atom. The van der Waals surface area contributed by atoms with Gasteiger partial charge in [-0.2, -0.15) is 0 Å². The highest BCUT2D eigenvalue weighted by atomic mass is 16.3. The van der Waals surface area contributed by atoms with Gasteiger partial charge in [-0.1, -0.05) is 127 Å². The molecule has 0 aliphatic rings. The van der Waals surface area contributed by atoms with E-state index in [0.717, 1.165) is 55.9 Å². The van der Waals surface area contributed by atoms with Gasteiger partial charge in [0.2, 0.25) is 0 Å². The van der Waals surface area contributed by atoms with Gasteiger partial charge in [-0.05, 0) is 96.1 Å². The highest BCUT2D eigenvalue weighted by Gasteiger charge is 2.21. The number of rotatable bonds is 6. The molecule has 0 N–H and O–H groups in total. The maximum atomic E-state index is 6.42. The Bertz CT molecular complexity index is 3410. The molecule has 0 spiro atoms. The SMILES string of the molecule is c1cc(N(c2ccc(-c3ccc(-n4c5ccccc5c5ccccc54)cc3)cc2)c2cccc3oc4ccccc4c23)cc(-n2c3ccccc3c3ccccc32)c1. The average molecular weight is 742 g/mol. The Hall–Kier alpha value is -7.82. The number of benzene rings is 9. The third-order valence-electron chi connectivity index (χ3n) is 11.7. The molecule has 12 rings (SSSR count). The molecule has 3 heterocycles. The molecule has 0 aliphatic heterocycles. The third-order valence-corrected chi connectivity index (χ3v) is 11.7. The quantitative estimate of drug-likeness (QED) is 0.170. The third kappa shape index (κ3) is 4.95. The van der Waals surface area contributed by atoms with Crippen molar-refractivity contribution < 1.29 is 4.42 Å². The van der Waals surface area contributed by atoms with Crippen LogP contribution in [0, 0.1) is 0 Å². The second-order valence-corrected chi connectivity index (χ2v) is 14.9. The van der Waals surface area contributed by atoms with Crippen molar-refractivity contribution in [3.05, 3.63) is 212 Å². The van der Waals surface area contributed by atoms with Crippen molar-refractivity contribution in [3.63, 3.8) is 0 Å². The van der Waals surface area contributed by atoms with Crippen LogP contribution in [0.15, 0.2) is 217 Å². The number of para-hydroxylation sites is 5. The molecule has 4 nitrogen and oxygen atoms in total. The maximum absolute atomic E-state index is 6.42. The van der Waals surface area contributed by atoms with Crippen LogP contribution in [0.2, 0.25) is 0 Å². The fourth-order valence-corrected chi connectivity index (χ4v) is 9.15. The smallest absolute Gasteiger partial charge is 0.137 e. The van der Waals surface area contributed by atoms with Crippen molar-refractivity contribution in [1.29, 1.82) is 0 Å². The van der Waals surface area contributed by atoms with E-state index >= 15 is 0 Å². The van der Waals surface area contributed by atoms with E-state index in [0.29, 0.717) is 0 Å². The lowest BCUT2D eigenvalue weighted by Crippen LogP contribution is -2.11. The summed E-state index contributed by atoms with van der Waals surface area (Å²) < 4.78 is 11.2. The molecule has 0 saturated heterocycles. The van der Waals surface area contributed by atoms with E-state index in [1.807, 2.05) is 12.1 Å². The van der Waals surface area contributed by atoms with E-state index in [2.05, 4.69) is 214 Å². The Morgan fingerprint density at radius 2 is 0.793 bits per heavy atom. The summed E-state index contributed by atoms with van der Waals surface area (Å²) in [6, 6.07) is 76.1. The first-order valence-electron chi connectivity index (χ1n) is 19.8. The molecule has 272 valence electrons. The topological polar surface area (TPSA) is 26.2 Å². The number of fused-ring (bicyclic) bond motifs is 9. The molecule has 58 heavy (non-hydrogen) atoms. The van der Waals surface area contributed by atoms with Gasteiger partial charge in [-0.3, -0.25) is 0 Å². The lowest BCUT2D eigenvalue weighted by molar-refractivity contribution is 0.669. The molecule has 0 aliphatic carbocycles. The first-order chi connectivity index (χ1) is 28.8. The lowest BCUT2D eigenvalue weighted by atomic mass is 10.0. The number of aromatic nitrogens is 2. The van der Waals surface area contributed by atoms with Gasteiger partial charge < -0.3 is 18.5 Å². The molecule has 9 aromatic carbocycles. The van der Waals surface area contributed by atoms with Crippen LogP contribution < -0.4 is 4.90 Å². The Kier molecular flexibility index (Phi) is 7.20. The van der Waals surface area contributed by atoms with Gasteiger partial charge in [-0.15, -0.1) is 0 Å². The number of furan rings is 1. The molecule has 0 atom stereocenters. The van der Waals surface area contributed by atoms with Crippen molar-refractivity contribution >= 4 is 82.6 Å². The molecular formula is C54H35N3O. The van der Waals surface area contributed by atoms with Crippen molar-refractivity contribution in [2.45, 2.75) is 0 Å². The summed E-state index contributed by atoms with van der Waals surface area (Å²) >= 11 is 0. The van der Waals surface area contributed by atoms with E-state index in [9.17, 15) is 0 Å². The Labute approximate surface area is 334 Å². The Morgan fingerprint density at radius 3 is 1.38 bits per heavy atom. The van der Waals surface area contributed by atoms with E-state index in [1.54, 1.807) is 0 Å². The number of anilines is 3. The number of hydrogen-bond acceptors (Lipinski definition) is 2. The van der Waals surface area contributed by atoms with Crippen LogP contribution in [0.25, 0.3) is 88.1 Å². The first-order valence-corrected chi connectivity index (χ1v) is 19.8. The van der Waals surface area contributed by atoms with Gasteiger partial charge in [-0.25, -0.2) is 0 Å². The van der Waals surface area contributed by atoms with Gasteiger partial charge in [0.05, 0.1) is 33.1 Å². The molecule has 0 amide bonds. The summed E-state index contributed by atoms with van der Waals surface area (Å²) in [4.78, 5) is 2.37. The normalized spacial score (nSPS) is 11.8. The van der Waals surface area contributed by atoms with Crippen LogP contribution in [-0.2, 0) is 0 Å². The average Bonchev–Trinajstić information content (AvgIpc) is 3.95. The van der Waals surface area contributed by atoms with E-state index in [1.165, 1.54) is 49.2 Å². The first kappa shape index (κ1) is 32.4. The van der Waals surface area contributed by atoms with E-state index < -0.39 is 0 Å². The highest BCUT2D eigenvalue weighted by molar-refractivity contribution is 6.14. The molecule has 3 aromatic heterocycles. The van der Waals surface area contributed by atoms with Crippen molar-refractivity contribution in [2.24, 2.45) is 0 Å². The summed E-state index contributed by atoms with van der Waals surface area (Å²) in [5.41, 5.74) is 14.3. The molecule has 12 aromatic rings. The summed E-state index contributed by atoms with van der Waals surface area (Å²) in [5.74, 6) is 0. The van der Waals surface area contributed by atoms with Gasteiger partial charge >= 0.3 is 0 Å². The van der Waals surface area contributed by atoms with Crippen molar-refractivity contribution in [3.8, 4) is 22.5 Å². The van der Waals surface area contributed by atoms with Crippen LogP contribution in [-0.4, -0.2) is 9.13 Å². The minimum atomic E-state index is 0.863. The Balaban J connectivity index is 0.990. The zero-order chi connectivity index (χ0) is 38.2. The van der Waals surface area contributed by atoms with Crippen molar-refractivity contribution in [2.75, 3.05) is 4.90 Å². The van der Waals surface area contributed by atoms with Crippen LogP contribution in [0.3, 0.4) is 0 Å². The van der Waals surface area contributed by atoms with Gasteiger partial charge in [0, 0.05) is 49.7 Å². The summed E-state index contributed by atoms with van der Waals surface area (Å²) in [6.45, 7) is 0. The molecule has 0 fully saturated rings. The van der Waals surface area contributed by atoms with Gasteiger partial charge in [0.15, 0.2) is 0 Å². The van der Waals surface area contributed by atoms with Crippen LogP contribution in [0.4, 0.5) is 17.1 Å². The minimum Gasteiger partial charge on any atom is -0.456 e. The van der Waals surface area contributed by atoms with E-state index in [-0.39, 0.29) is 0 Å². The molecule has 0 saturated carbocycles. The van der Waals surface area contributed by atoms with E-state index in [4.69, 9.17) is 4.42 Å². The fraction of sp³-hybridized carbons (Fsp3) is 0. The summed E-state index contributed by atoms with van der Waals surface area (Å²) in [7, 11) is 0. The second-order valence-electron chi connectivity index (χ2n) is 14.9. The fourth-order valence-electron chi connectivity index (χ4n) is 9.15. The molecular weight excluding hydrogens is 707 g/mol. The summed E-state index contributed by atoms with van der Waals surface area (Å²) in [5, 5.41) is 7.20. The maximum Gasteiger partial charge on any atom is 0.137 e. The second kappa shape index (κ2) is 12.9. The van der Waals surface area contributed by atoms with Crippen LogP contribution >= 0.6 is 0 Å². The minimum absolute atomic E-state index is 0.863. The van der Waals surface area contributed by atoms with Crippen molar-refractivity contribution in [1.82, 2.24) is 9.13 Å². The standard InChI is InChI=1S/C54H35N3O/c1-6-20-47-42(15-1)43-16-2-7-21-48(43)56(47)39-33-29-37(30-34-39)36-27-31-38(32-28-36)55(51-24-12-26-53-54(51)46-19-5-10-25-52(46)58-53)40-13-11-14-41(35-40)57-49-22-8-3-17-44(49)45-18-4-9-23-50(45)57/h1-35H. The largest absolute Gasteiger partial charge is 0.456 e. The highest BCUT2D eigenvalue weighted by Crippen LogP contribution is 2.44. The predicted octanol–water partition coefficient (Wildman–Crippen LogP) is 14.9. The zero-order valence-corrected chi connectivity index (χ0v) is 31.5. The molecule has 4 heteroatoms. The van der Waals surface area contributed by atoms with Crippen LogP contribution in [0.1, 0.15) is 0 Å². The lowest BCUT2D eigenvalue weighted by Gasteiger charge is -2.27. The monoisotopic (exact) mass is 741 g/mol. The summed E-state index contributed by atoms with van der Waals surface area (Å²) in [6.07, 6.45) is 0. The predicted molar refractivity (Wildman–Crippen MR) is 243 cm³/mol. The number of nitrogens with zero attached hydrogens (tertiary/aromatic N) is 3. The zero-order valence-electron chi connectivity index (χ0n) is 31.5. The van der Waals surface area contributed by atoms with Gasteiger partial charge in [0.1, 0.15) is 11.2 Å². The molecule has 0 bridgehead atoms. The van der Waals surface area contributed by atoms with Crippen LogP contribution in [0.5, 0.6) is 0 Å².